The van der Waals surface area contributed by atoms with Crippen molar-refractivity contribution in [3.8, 4) is 16.9 Å². The summed E-state index contributed by atoms with van der Waals surface area (Å²) in [6.45, 7) is 0. The lowest BCUT2D eigenvalue weighted by Gasteiger charge is -2.00. The average Bonchev–Trinajstić information content (AvgIpc) is 2.90. The molecule has 0 aliphatic carbocycles. The van der Waals surface area contributed by atoms with E-state index in [-0.39, 0.29) is 11.1 Å². The third-order valence-corrected chi connectivity index (χ3v) is 3.68. The Morgan fingerprint density at radius 3 is 2.50 bits per heavy atom. The Labute approximate surface area is 133 Å². The van der Waals surface area contributed by atoms with Crippen LogP contribution in [0, 0.1) is 0 Å². The number of nitrogens with zero attached hydrogens (tertiary/aromatic N) is 2. The Morgan fingerprint density at radius 1 is 1.18 bits per heavy atom. The first-order valence-corrected chi connectivity index (χ1v) is 7.11. The van der Waals surface area contributed by atoms with E-state index in [0.717, 1.165) is 10.0 Å². The van der Waals surface area contributed by atoms with Crippen LogP contribution in [0.5, 0.6) is 0 Å². The lowest BCUT2D eigenvalue weighted by Crippen LogP contribution is -2.17. The maximum absolute atomic E-state index is 12.4. The van der Waals surface area contributed by atoms with Crippen molar-refractivity contribution in [1.82, 2.24) is 14.8 Å². The molecule has 22 heavy (non-hydrogen) atoms. The minimum absolute atomic E-state index is 0.0662. The minimum Gasteiger partial charge on any atom is -0.478 e. The van der Waals surface area contributed by atoms with Gasteiger partial charge in [0.05, 0.1) is 11.1 Å². The zero-order chi connectivity index (χ0) is 15.7. The Kier molecular flexibility index (Phi) is 3.64. The number of hydrogen-bond donors (Lipinski definition) is 2. The molecule has 0 aliphatic rings. The van der Waals surface area contributed by atoms with E-state index in [1.165, 1.54) is 23.0 Å². The number of aromatic nitrogens is 3. The van der Waals surface area contributed by atoms with Crippen molar-refractivity contribution in [2.75, 3.05) is 0 Å². The molecule has 3 aromatic rings. The summed E-state index contributed by atoms with van der Waals surface area (Å²) < 4.78 is 2.20. The summed E-state index contributed by atoms with van der Waals surface area (Å²) in [5.41, 5.74) is 1.11. The van der Waals surface area contributed by atoms with Gasteiger partial charge in [-0.3, -0.25) is 9.89 Å². The molecule has 0 bridgehead atoms. The fraction of sp³-hybridized carbons (Fsp3) is 0. The molecule has 1 aromatic carbocycles. The zero-order valence-corrected chi connectivity index (χ0v) is 12.7. The van der Waals surface area contributed by atoms with Gasteiger partial charge in [0.15, 0.2) is 5.82 Å². The minimum atomic E-state index is -1.06. The van der Waals surface area contributed by atoms with Crippen molar-refractivity contribution in [2.24, 2.45) is 0 Å². The maximum Gasteiger partial charge on any atom is 0.337 e. The lowest BCUT2D eigenvalue weighted by atomic mass is 10.1. The highest BCUT2D eigenvalue weighted by Gasteiger charge is 2.11. The van der Waals surface area contributed by atoms with E-state index in [4.69, 9.17) is 5.11 Å². The fourth-order valence-corrected chi connectivity index (χ4v) is 2.29. The Bertz CT molecular complexity index is 880. The van der Waals surface area contributed by atoms with Gasteiger partial charge in [-0.1, -0.05) is 28.1 Å². The molecule has 0 radical (unpaired) electrons. The maximum atomic E-state index is 12.4. The van der Waals surface area contributed by atoms with E-state index >= 15 is 0 Å². The van der Waals surface area contributed by atoms with Crippen LogP contribution in [0.1, 0.15) is 10.4 Å². The van der Waals surface area contributed by atoms with Gasteiger partial charge in [0.1, 0.15) is 0 Å². The van der Waals surface area contributed by atoms with Gasteiger partial charge in [0.2, 0.25) is 0 Å². The summed E-state index contributed by atoms with van der Waals surface area (Å²) in [7, 11) is 0. The summed E-state index contributed by atoms with van der Waals surface area (Å²) in [6.07, 6.45) is 2.81. The Morgan fingerprint density at radius 2 is 1.91 bits per heavy atom. The SMILES string of the molecule is O=C(O)c1ccc(-n2[nH]cc(-c3ccc(Br)cc3)c2=O)nc1. The van der Waals surface area contributed by atoms with Crippen molar-refractivity contribution in [3.63, 3.8) is 0 Å². The van der Waals surface area contributed by atoms with Crippen molar-refractivity contribution < 1.29 is 9.90 Å². The molecule has 0 saturated carbocycles. The number of halogens is 1. The van der Waals surface area contributed by atoms with Crippen LogP contribution < -0.4 is 5.56 Å². The number of rotatable bonds is 3. The topological polar surface area (TPSA) is 88.0 Å². The fourth-order valence-electron chi connectivity index (χ4n) is 2.02. The first-order chi connectivity index (χ1) is 10.6. The van der Waals surface area contributed by atoms with Crippen LogP contribution in [0.15, 0.2) is 58.1 Å². The number of H-pyrrole nitrogens is 1. The van der Waals surface area contributed by atoms with Crippen LogP contribution >= 0.6 is 15.9 Å². The largest absolute Gasteiger partial charge is 0.478 e. The van der Waals surface area contributed by atoms with Crippen molar-refractivity contribution >= 4 is 21.9 Å². The molecule has 0 amide bonds. The van der Waals surface area contributed by atoms with Crippen molar-refractivity contribution in [2.45, 2.75) is 0 Å². The Hall–Kier alpha value is -2.67. The summed E-state index contributed by atoms with van der Waals surface area (Å²) >= 11 is 3.35. The molecular weight excluding hydrogens is 350 g/mol. The summed E-state index contributed by atoms with van der Waals surface area (Å²) in [4.78, 5) is 27.2. The third-order valence-electron chi connectivity index (χ3n) is 3.15. The molecule has 2 N–H and O–H groups in total. The van der Waals surface area contributed by atoms with Crippen LogP contribution in [0.4, 0.5) is 0 Å². The number of hydrogen-bond acceptors (Lipinski definition) is 3. The monoisotopic (exact) mass is 359 g/mol. The van der Waals surface area contributed by atoms with Gasteiger partial charge in [-0.2, -0.15) is 0 Å². The highest BCUT2D eigenvalue weighted by atomic mass is 79.9. The molecule has 7 heteroatoms. The molecule has 0 atom stereocenters. The number of pyridine rings is 1. The quantitative estimate of drug-likeness (QED) is 0.752. The molecule has 0 unspecified atom stereocenters. The predicted molar refractivity (Wildman–Crippen MR) is 84.3 cm³/mol. The van der Waals surface area contributed by atoms with Gasteiger partial charge in [0.25, 0.3) is 5.56 Å². The highest BCUT2D eigenvalue weighted by molar-refractivity contribution is 9.10. The third kappa shape index (κ3) is 2.58. The van der Waals surface area contributed by atoms with E-state index in [0.29, 0.717) is 11.4 Å². The molecule has 2 aromatic heterocycles. The van der Waals surface area contributed by atoms with Crippen molar-refractivity contribution in [3.05, 3.63) is 69.2 Å². The number of carboxylic acid groups (broad SMARTS) is 1. The van der Waals surface area contributed by atoms with Crippen LogP contribution in [0.2, 0.25) is 0 Å². The molecule has 110 valence electrons. The summed E-state index contributed by atoms with van der Waals surface area (Å²) in [5.74, 6) is -0.730. The van der Waals surface area contributed by atoms with Gasteiger partial charge in [-0.15, -0.1) is 0 Å². The highest BCUT2D eigenvalue weighted by Crippen LogP contribution is 2.18. The number of nitrogens with one attached hydrogen (secondary N) is 1. The van der Waals surface area contributed by atoms with Gasteiger partial charge >= 0.3 is 5.97 Å². The molecule has 2 heterocycles. The average molecular weight is 360 g/mol. The zero-order valence-electron chi connectivity index (χ0n) is 11.2. The summed E-state index contributed by atoms with van der Waals surface area (Å²) in [5, 5.41) is 11.7. The normalized spacial score (nSPS) is 10.6. The first-order valence-electron chi connectivity index (χ1n) is 6.32. The van der Waals surface area contributed by atoms with E-state index in [1.54, 1.807) is 6.20 Å². The standard InChI is InChI=1S/C15H10BrN3O3/c16-11-4-1-9(2-5-11)12-8-18-19(14(12)20)13-6-3-10(7-17-13)15(21)22/h1-8,18H,(H,21,22). The van der Waals surface area contributed by atoms with E-state index in [9.17, 15) is 9.59 Å². The number of benzene rings is 1. The Balaban J connectivity index is 2.01. The van der Waals surface area contributed by atoms with Crippen LogP contribution in [0.25, 0.3) is 16.9 Å². The molecule has 0 fully saturated rings. The predicted octanol–water partition coefficient (Wildman–Crippen LogP) is 2.69. The van der Waals surface area contributed by atoms with Crippen LogP contribution in [-0.4, -0.2) is 25.8 Å². The molecule has 3 rings (SSSR count). The summed E-state index contributed by atoms with van der Waals surface area (Å²) in [6, 6.07) is 10.3. The van der Waals surface area contributed by atoms with E-state index < -0.39 is 5.97 Å². The second-order valence-electron chi connectivity index (χ2n) is 4.54. The van der Waals surface area contributed by atoms with Gasteiger partial charge < -0.3 is 5.11 Å². The van der Waals surface area contributed by atoms with Gasteiger partial charge in [0, 0.05) is 16.9 Å². The molecule has 0 saturated heterocycles. The second kappa shape index (κ2) is 5.61. The number of aromatic amines is 1. The molecular formula is C15H10BrN3O3. The molecule has 6 nitrogen and oxygen atoms in total. The number of carboxylic acids is 1. The number of aromatic carboxylic acids is 1. The van der Waals surface area contributed by atoms with Crippen LogP contribution in [0.3, 0.4) is 0 Å². The molecule has 0 spiro atoms. The lowest BCUT2D eigenvalue weighted by molar-refractivity contribution is 0.0696. The van der Waals surface area contributed by atoms with Gasteiger partial charge in [-0.05, 0) is 29.8 Å². The van der Waals surface area contributed by atoms with E-state index in [1.807, 2.05) is 24.3 Å². The van der Waals surface area contributed by atoms with Crippen LogP contribution in [-0.2, 0) is 0 Å². The second-order valence-corrected chi connectivity index (χ2v) is 5.46. The van der Waals surface area contributed by atoms with Gasteiger partial charge in [-0.25, -0.2) is 14.5 Å². The number of carbonyl (C=O) groups is 1. The van der Waals surface area contributed by atoms with E-state index in [2.05, 4.69) is 26.0 Å². The smallest absolute Gasteiger partial charge is 0.337 e. The van der Waals surface area contributed by atoms with Crippen molar-refractivity contribution in [1.29, 1.82) is 0 Å². The molecule has 0 aliphatic heterocycles. The first kappa shape index (κ1) is 14.3.